The molecule has 100 valence electrons. The van der Waals surface area contributed by atoms with E-state index < -0.39 is 23.6 Å². The largest absolute Gasteiger partial charge is 0.573 e. The van der Waals surface area contributed by atoms with Gasteiger partial charge in [-0.1, -0.05) is 0 Å². The van der Waals surface area contributed by atoms with Gasteiger partial charge in [0.15, 0.2) is 5.75 Å². The molecule has 0 amide bonds. The van der Waals surface area contributed by atoms with Crippen molar-refractivity contribution in [2.24, 2.45) is 0 Å². The van der Waals surface area contributed by atoms with Crippen LogP contribution in [0.15, 0.2) is 6.20 Å². The third-order valence-corrected chi connectivity index (χ3v) is 2.82. The van der Waals surface area contributed by atoms with Crippen LogP contribution in [0.2, 0.25) is 0 Å². The highest BCUT2D eigenvalue weighted by molar-refractivity contribution is 14.1. The van der Waals surface area contributed by atoms with Crippen LogP contribution in [0.5, 0.6) is 5.75 Å². The average molecular weight is 396 g/mol. The molecule has 0 aliphatic carbocycles. The summed E-state index contributed by atoms with van der Waals surface area (Å²) in [6, 6.07) is 0. The first-order valence-electron chi connectivity index (χ1n) is 4.37. The summed E-state index contributed by atoms with van der Waals surface area (Å²) < 4.78 is 45.1. The van der Waals surface area contributed by atoms with Crippen LogP contribution in [-0.4, -0.2) is 24.4 Å². The summed E-state index contributed by atoms with van der Waals surface area (Å²) in [5.74, 6) is -1.88. The number of methoxy groups -OCH3 is 1. The van der Waals surface area contributed by atoms with Gasteiger partial charge in [0.05, 0.1) is 22.3 Å². The summed E-state index contributed by atoms with van der Waals surface area (Å²) in [5, 5.41) is 0. The summed E-state index contributed by atoms with van der Waals surface area (Å²) in [7, 11) is 1.04. The van der Waals surface area contributed by atoms with Crippen molar-refractivity contribution in [2.75, 3.05) is 7.11 Å². The molecule has 0 aromatic carbocycles. The Morgan fingerprint density at radius 3 is 2.61 bits per heavy atom. The van der Waals surface area contributed by atoms with Crippen molar-refractivity contribution >= 4 is 40.2 Å². The number of ether oxygens (including phenoxy) is 2. The molecule has 0 saturated heterocycles. The lowest BCUT2D eigenvalue weighted by molar-refractivity contribution is -0.275. The number of hydrogen-bond donors (Lipinski definition) is 0. The third-order valence-electron chi connectivity index (χ3n) is 1.80. The fourth-order valence-electron chi connectivity index (χ4n) is 1.14. The Morgan fingerprint density at radius 2 is 2.17 bits per heavy atom. The van der Waals surface area contributed by atoms with Gasteiger partial charge >= 0.3 is 12.3 Å². The predicted octanol–water partition coefficient (Wildman–Crippen LogP) is 3.11. The monoisotopic (exact) mass is 395 g/mol. The molecule has 1 aromatic heterocycles. The summed E-state index contributed by atoms with van der Waals surface area (Å²) in [5.41, 5.74) is -0.458. The van der Waals surface area contributed by atoms with Crippen LogP contribution in [0.1, 0.15) is 16.1 Å². The van der Waals surface area contributed by atoms with Crippen LogP contribution in [0.25, 0.3) is 0 Å². The molecule has 0 spiro atoms. The number of halogens is 5. The molecule has 0 bridgehead atoms. The smallest absolute Gasteiger partial charge is 0.465 e. The minimum absolute atomic E-state index is 0.0270. The van der Waals surface area contributed by atoms with Gasteiger partial charge in [-0.2, -0.15) is 0 Å². The first-order valence-corrected chi connectivity index (χ1v) is 5.99. The topological polar surface area (TPSA) is 48.4 Å². The van der Waals surface area contributed by atoms with E-state index in [1.54, 1.807) is 22.6 Å². The van der Waals surface area contributed by atoms with Gasteiger partial charge in [0.2, 0.25) is 0 Å². The standard InChI is InChI=1S/C9H6ClF3INO3/c1-17-8(16)6-5(2-10)15-3-4(14)7(6)18-9(11,12)13/h3H,2H2,1H3. The highest BCUT2D eigenvalue weighted by atomic mass is 127. The Balaban J connectivity index is 3.41. The third kappa shape index (κ3) is 3.61. The van der Waals surface area contributed by atoms with E-state index in [1.807, 2.05) is 0 Å². The Morgan fingerprint density at radius 1 is 1.56 bits per heavy atom. The lowest BCUT2D eigenvalue weighted by Crippen LogP contribution is -2.21. The molecule has 4 nitrogen and oxygen atoms in total. The van der Waals surface area contributed by atoms with E-state index in [-0.39, 0.29) is 15.1 Å². The first kappa shape index (κ1) is 15.3. The maximum atomic E-state index is 12.3. The highest BCUT2D eigenvalue weighted by Crippen LogP contribution is 2.33. The minimum atomic E-state index is -4.92. The number of nitrogens with zero attached hydrogens (tertiary/aromatic N) is 1. The van der Waals surface area contributed by atoms with Crippen LogP contribution in [0, 0.1) is 3.57 Å². The molecule has 1 aromatic rings. The summed E-state index contributed by atoms with van der Waals surface area (Å²) in [6.45, 7) is 0. The molecule has 0 N–H and O–H groups in total. The predicted molar refractivity (Wildman–Crippen MR) is 64.5 cm³/mol. The van der Waals surface area contributed by atoms with E-state index >= 15 is 0 Å². The van der Waals surface area contributed by atoms with E-state index in [0.29, 0.717) is 0 Å². The Hall–Kier alpha value is -0.770. The van der Waals surface area contributed by atoms with Crippen LogP contribution in [-0.2, 0) is 10.6 Å². The van der Waals surface area contributed by atoms with Gasteiger partial charge in [-0.05, 0) is 22.6 Å². The number of aromatic nitrogens is 1. The molecule has 0 unspecified atom stereocenters. The van der Waals surface area contributed by atoms with Gasteiger partial charge in [-0.3, -0.25) is 4.98 Å². The fourth-order valence-corrected chi connectivity index (χ4v) is 1.86. The second-order valence-corrected chi connectivity index (χ2v) is 4.36. The molecule has 0 aliphatic rings. The molecule has 18 heavy (non-hydrogen) atoms. The number of esters is 1. The molecule has 0 saturated carbocycles. The highest BCUT2D eigenvalue weighted by Gasteiger charge is 2.35. The quantitative estimate of drug-likeness (QED) is 0.448. The van der Waals surface area contributed by atoms with Crippen LogP contribution in [0.4, 0.5) is 13.2 Å². The maximum absolute atomic E-state index is 12.3. The van der Waals surface area contributed by atoms with E-state index in [4.69, 9.17) is 11.6 Å². The van der Waals surface area contributed by atoms with E-state index in [0.717, 1.165) is 13.3 Å². The van der Waals surface area contributed by atoms with Gasteiger partial charge in [-0.15, -0.1) is 24.8 Å². The van der Waals surface area contributed by atoms with Gasteiger partial charge in [0, 0.05) is 6.20 Å². The fraction of sp³-hybridized carbons (Fsp3) is 0.333. The molecule has 0 aliphatic heterocycles. The average Bonchev–Trinajstić information content (AvgIpc) is 2.29. The van der Waals surface area contributed by atoms with Crippen molar-refractivity contribution in [2.45, 2.75) is 12.2 Å². The molecular formula is C9H6ClF3INO3. The van der Waals surface area contributed by atoms with Crippen molar-refractivity contribution in [3.63, 3.8) is 0 Å². The minimum Gasteiger partial charge on any atom is -0.465 e. The van der Waals surface area contributed by atoms with Crippen LogP contribution >= 0.6 is 34.2 Å². The Bertz CT molecular complexity index is 467. The lowest BCUT2D eigenvalue weighted by atomic mass is 10.2. The molecule has 0 fully saturated rings. The molecule has 0 atom stereocenters. The Labute approximate surface area is 119 Å². The number of rotatable bonds is 3. The molecule has 1 rings (SSSR count). The van der Waals surface area contributed by atoms with Crippen molar-refractivity contribution in [1.29, 1.82) is 0 Å². The van der Waals surface area contributed by atoms with E-state index in [9.17, 15) is 18.0 Å². The Kier molecular flexibility index (Phi) is 5.02. The van der Waals surface area contributed by atoms with Crippen LogP contribution < -0.4 is 4.74 Å². The van der Waals surface area contributed by atoms with Crippen LogP contribution in [0.3, 0.4) is 0 Å². The number of pyridine rings is 1. The normalized spacial score (nSPS) is 11.2. The van der Waals surface area contributed by atoms with Crippen molar-refractivity contribution in [3.05, 3.63) is 21.0 Å². The van der Waals surface area contributed by atoms with Crippen molar-refractivity contribution in [3.8, 4) is 5.75 Å². The molecular weight excluding hydrogens is 389 g/mol. The number of carbonyl (C=O) groups excluding carboxylic acids is 1. The zero-order valence-corrected chi connectivity index (χ0v) is 11.8. The van der Waals surface area contributed by atoms with Crippen molar-refractivity contribution < 1.29 is 27.4 Å². The second kappa shape index (κ2) is 5.91. The van der Waals surface area contributed by atoms with Gasteiger partial charge in [0.1, 0.15) is 5.56 Å². The summed E-state index contributed by atoms with van der Waals surface area (Å²) in [4.78, 5) is 15.2. The van der Waals surface area contributed by atoms with Gasteiger partial charge in [-0.25, -0.2) is 4.79 Å². The zero-order chi connectivity index (χ0) is 13.9. The van der Waals surface area contributed by atoms with Gasteiger partial charge < -0.3 is 9.47 Å². The number of carbonyl (C=O) groups is 1. The summed E-state index contributed by atoms with van der Waals surface area (Å²) in [6.07, 6.45) is -3.79. The number of hydrogen-bond acceptors (Lipinski definition) is 4. The second-order valence-electron chi connectivity index (χ2n) is 2.93. The SMILES string of the molecule is COC(=O)c1c(CCl)ncc(I)c1OC(F)(F)F. The zero-order valence-electron chi connectivity index (χ0n) is 8.85. The summed E-state index contributed by atoms with van der Waals surface area (Å²) >= 11 is 7.09. The maximum Gasteiger partial charge on any atom is 0.573 e. The molecule has 9 heteroatoms. The lowest BCUT2D eigenvalue weighted by Gasteiger charge is -2.15. The molecule has 0 radical (unpaired) electrons. The van der Waals surface area contributed by atoms with Crippen molar-refractivity contribution in [1.82, 2.24) is 4.98 Å². The van der Waals surface area contributed by atoms with Gasteiger partial charge in [0.25, 0.3) is 0 Å². The first-order chi connectivity index (χ1) is 8.30. The van der Waals surface area contributed by atoms with E-state index in [2.05, 4.69) is 14.5 Å². The number of alkyl halides is 4. The molecule has 1 heterocycles. The van der Waals surface area contributed by atoms with E-state index in [1.165, 1.54) is 0 Å².